The van der Waals surface area contributed by atoms with Crippen molar-refractivity contribution in [1.29, 1.82) is 0 Å². The van der Waals surface area contributed by atoms with Gasteiger partial charge in [-0.2, -0.15) is 10.2 Å². The van der Waals surface area contributed by atoms with Crippen molar-refractivity contribution in [2.45, 2.75) is 80.4 Å². The van der Waals surface area contributed by atoms with E-state index < -0.39 is 35.0 Å². The molecule has 12 rings (SSSR count). The SMILES string of the molecule is CN(CCN)C(=O)OC(C)(C)C.CN(CCNC(=O)Nc1ccc2c(c1)C(=O)CO2)C(=O)OC(C)(C)C.CNCCNC(=O)Nc1ccc2c(c1)C(=O)/C(=C/c1c(-c3c(C)nn(C)c3C)[nH]c3c(F)cc(OC)cc13)O2.COc1cc(F)c2[nH]c(-c3c(C)nn(C)c3C)c(C=O)c2c1.ClCCl.Nc1ccc2c(c1)C(=O)CO2. The van der Waals surface area contributed by atoms with E-state index in [1.54, 1.807) is 124 Å². The number of ketones is 3. The average molecular weight is 1590 g/mol. The number of carbonyl (C=O) groups excluding carboxylic acids is 8. The number of halogens is 4. The number of carbonyl (C=O) groups is 8. The number of hydrogen-bond acceptors (Lipinski definition) is 20. The monoisotopic (exact) mass is 1590 g/mol. The van der Waals surface area contributed by atoms with Crippen molar-refractivity contribution in [2.75, 3.05) is 110 Å². The summed E-state index contributed by atoms with van der Waals surface area (Å²) in [5.41, 5.74) is 20.4. The molecule has 0 spiro atoms. The number of amides is 6. The maximum atomic E-state index is 15.1. The van der Waals surface area contributed by atoms with Gasteiger partial charge in [0.15, 0.2) is 36.9 Å². The predicted octanol–water partition coefficient (Wildman–Crippen LogP) is 12.8. The van der Waals surface area contributed by atoms with Gasteiger partial charge < -0.3 is 91.0 Å². The van der Waals surface area contributed by atoms with Gasteiger partial charge in [-0.15, -0.1) is 23.2 Å². The number of aldehydes is 1. The molecule has 0 bridgehead atoms. The van der Waals surface area contributed by atoms with Gasteiger partial charge >= 0.3 is 24.2 Å². The van der Waals surface area contributed by atoms with Crippen LogP contribution >= 0.6 is 23.2 Å². The molecule has 0 aliphatic carbocycles. The Hall–Kier alpha value is -11.7. The fourth-order valence-electron chi connectivity index (χ4n) is 11.4. The van der Waals surface area contributed by atoms with Crippen LogP contribution in [0.2, 0.25) is 0 Å². The van der Waals surface area contributed by atoms with Crippen LogP contribution < -0.4 is 61.7 Å². The lowest BCUT2D eigenvalue weighted by Crippen LogP contribution is -2.40. The summed E-state index contributed by atoms with van der Waals surface area (Å²) < 4.78 is 69.7. The zero-order valence-corrected chi connectivity index (χ0v) is 67.0. The van der Waals surface area contributed by atoms with Crippen molar-refractivity contribution in [3.8, 4) is 51.3 Å². The van der Waals surface area contributed by atoms with Crippen LogP contribution in [0.1, 0.15) is 111 Å². The van der Waals surface area contributed by atoms with E-state index in [9.17, 15) is 42.7 Å². The zero-order chi connectivity index (χ0) is 82.8. The van der Waals surface area contributed by atoms with Gasteiger partial charge in [0.1, 0.15) is 39.9 Å². The highest BCUT2D eigenvalue weighted by molar-refractivity contribution is 6.40. The molecule has 3 aliphatic rings. The number of hydrogen-bond donors (Lipinski definition) is 9. The molecular formula is C78H95Cl2F2N15O15. The maximum Gasteiger partial charge on any atom is 0.410 e. The minimum Gasteiger partial charge on any atom is -0.497 e. The first-order valence-electron chi connectivity index (χ1n) is 35.0. The van der Waals surface area contributed by atoms with Crippen LogP contribution in [0.4, 0.5) is 45.0 Å². The fraction of sp³-hybridized carbons (Fsp3) is 0.359. The molecule has 4 aromatic heterocycles. The van der Waals surface area contributed by atoms with Crippen molar-refractivity contribution < 1.29 is 80.3 Å². The number of Topliss-reactive ketones (excluding diaryl/α,β-unsaturated/α-hetero) is 3. The van der Waals surface area contributed by atoms with Gasteiger partial charge in [-0.3, -0.25) is 28.5 Å². The fourth-order valence-corrected chi connectivity index (χ4v) is 11.4. The zero-order valence-electron chi connectivity index (χ0n) is 65.5. The molecule has 600 valence electrons. The number of anilines is 3. The lowest BCUT2D eigenvalue weighted by atomic mass is 10.0. The van der Waals surface area contributed by atoms with E-state index in [4.69, 9.17) is 67.8 Å². The number of urea groups is 2. The van der Waals surface area contributed by atoms with E-state index in [1.807, 2.05) is 62.6 Å². The Morgan fingerprint density at radius 2 is 1.07 bits per heavy atom. The summed E-state index contributed by atoms with van der Waals surface area (Å²) in [5.74, 6) is 0.922. The highest BCUT2D eigenvalue weighted by Crippen LogP contribution is 2.42. The molecule has 3 aliphatic heterocycles. The Morgan fingerprint density at radius 3 is 1.52 bits per heavy atom. The highest BCUT2D eigenvalue weighted by atomic mass is 35.5. The molecule has 34 heteroatoms. The molecule has 5 aromatic carbocycles. The third-order valence-corrected chi connectivity index (χ3v) is 16.9. The number of methoxy groups -OCH3 is 2. The number of nitrogens with two attached hydrogens (primary N) is 2. The molecule has 112 heavy (non-hydrogen) atoms. The Labute approximate surface area is 656 Å². The van der Waals surface area contributed by atoms with Gasteiger partial charge in [-0.25, -0.2) is 28.0 Å². The van der Waals surface area contributed by atoms with Gasteiger partial charge in [0.05, 0.1) is 70.1 Å². The van der Waals surface area contributed by atoms with Gasteiger partial charge in [0.2, 0.25) is 17.3 Å². The number of likely N-dealkylation sites (N-methyl/N-ethyl adjacent to an activating group) is 3. The molecule has 0 atom stereocenters. The lowest BCUT2D eigenvalue weighted by molar-refractivity contribution is 0.0292. The number of benzene rings is 5. The highest BCUT2D eigenvalue weighted by Gasteiger charge is 2.32. The molecule has 0 radical (unpaired) electrons. The number of nitrogens with one attached hydrogen (secondary N) is 7. The van der Waals surface area contributed by atoms with Gasteiger partial charge in [0.25, 0.3) is 0 Å². The molecule has 0 saturated heterocycles. The standard InChI is InChI=1S/C28H29FN6O4.C17H23N3O5.C16H16FN3O2.C8H18N2O2.C8H7NO2.CH2Cl2/c1-14-24(15(2)35(4)34-14)26-19(18-11-17(38-5)12-21(29)25(18)33-26)13-23-27(36)20-10-16(6-7-22(20)39-23)32-28(37)31-9-8-30-3;1-17(2,3)25-16(23)20(4)8-7-18-15(22)19-11-5-6-14-12(9-11)13(21)10-24-14;1-8-14(9(2)20(3)19-8)16-12(7-21)11-5-10(22-4)6-13(17)15(11)18-16;1-8(2,3)12-7(11)10(4)6-5-9;9-5-1-2-8-6(3-5)7(10)4-11-8;2-1-3/h6-7,10-13,30,33H,8-9H2,1-5H3,(H2,31,32,37);5-6,9H,7-8,10H2,1-4H3,(H2,18,19,22);5-7,18H,1-4H3;5-6,9H2,1-4H3;1-3H,4,9H2;1H2/b23-13-;;;;;. The lowest BCUT2D eigenvalue weighted by Gasteiger charge is -2.24. The molecule has 6 amide bonds. The Kier molecular flexibility index (Phi) is 30.3. The van der Waals surface area contributed by atoms with E-state index in [1.165, 1.54) is 36.2 Å². The summed E-state index contributed by atoms with van der Waals surface area (Å²) in [5, 5.41) is 23.8. The minimum absolute atomic E-state index is 0.00676. The summed E-state index contributed by atoms with van der Waals surface area (Å²) in [6.45, 7) is 21.2. The van der Waals surface area contributed by atoms with E-state index in [2.05, 4.69) is 46.7 Å². The molecule has 30 nitrogen and oxygen atoms in total. The van der Waals surface area contributed by atoms with Gasteiger partial charge in [0, 0.05) is 141 Å². The number of allylic oxidation sites excluding steroid dienone is 1. The number of ether oxygens (including phenoxy) is 7. The quantitative estimate of drug-likeness (QED) is 0.0143. The predicted molar refractivity (Wildman–Crippen MR) is 426 cm³/mol. The van der Waals surface area contributed by atoms with E-state index in [-0.39, 0.29) is 65.8 Å². The number of aryl methyl sites for hydroxylation is 4. The van der Waals surface area contributed by atoms with Crippen LogP contribution in [0, 0.1) is 39.3 Å². The number of nitrogen functional groups attached to an aromatic ring is 1. The second-order valence-corrected chi connectivity index (χ2v) is 28.3. The number of fused-ring (bicyclic) bond motifs is 5. The number of rotatable bonds is 16. The number of aromatic nitrogens is 6. The van der Waals surface area contributed by atoms with Crippen molar-refractivity contribution >= 4 is 116 Å². The molecule has 11 N–H and O–H groups in total. The molecule has 0 unspecified atom stereocenters. The third kappa shape index (κ3) is 22.5. The van der Waals surface area contributed by atoms with Crippen LogP contribution in [0.5, 0.6) is 28.7 Å². The van der Waals surface area contributed by atoms with Gasteiger partial charge in [-0.05, 0) is 149 Å². The topological polar surface area (TPSA) is 387 Å². The van der Waals surface area contributed by atoms with Crippen LogP contribution in [-0.2, 0) is 23.6 Å². The average Bonchev–Trinajstić information content (AvgIpc) is 1.61. The number of aromatic amines is 2. The van der Waals surface area contributed by atoms with Crippen LogP contribution in [0.25, 0.3) is 50.4 Å². The Bertz CT molecular complexity index is 5000. The summed E-state index contributed by atoms with van der Waals surface area (Å²) >= 11 is 9.53. The largest absolute Gasteiger partial charge is 0.497 e. The van der Waals surface area contributed by atoms with E-state index >= 15 is 4.39 Å². The first-order chi connectivity index (χ1) is 52.9. The summed E-state index contributed by atoms with van der Waals surface area (Å²) in [7, 11) is 11.7. The molecule has 0 fully saturated rings. The van der Waals surface area contributed by atoms with E-state index in [0.717, 1.165) is 40.2 Å². The van der Waals surface area contributed by atoms with Gasteiger partial charge in [-0.1, -0.05) is 0 Å². The van der Waals surface area contributed by atoms with Crippen molar-refractivity contribution in [3.63, 3.8) is 0 Å². The van der Waals surface area contributed by atoms with Crippen LogP contribution in [0.3, 0.4) is 0 Å². The molecule has 7 heterocycles. The van der Waals surface area contributed by atoms with Crippen LogP contribution in [-0.4, -0.2) is 192 Å². The molecular weight excluding hydrogens is 1500 g/mol. The summed E-state index contributed by atoms with van der Waals surface area (Å²) in [6.07, 6.45) is 1.57. The number of H-pyrrole nitrogens is 2. The summed E-state index contributed by atoms with van der Waals surface area (Å²) in [4.78, 5) is 104. The normalized spacial score (nSPS) is 12.6. The van der Waals surface area contributed by atoms with Crippen LogP contribution in [0.15, 0.2) is 84.6 Å². The minimum atomic E-state index is -0.565. The molecule has 9 aromatic rings. The number of nitrogens with zero attached hydrogens (tertiary/aromatic N) is 6. The Balaban J connectivity index is 0.000000207. The van der Waals surface area contributed by atoms with Crippen molar-refractivity contribution in [2.24, 2.45) is 19.8 Å². The second kappa shape index (κ2) is 38.8. The first kappa shape index (κ1) is 87.5. The number of alkyl halides is 2. The maximum absolute atomic E-state index is 15.1. The smallest absolute Gasteiger partial charge is 0.410 e. The second-order valence-electron chi connectivity index (χ2n) is 27.4. The van der Waals surface area contributed by atoms with Crippen molar-refractivity contribution in [3.05, 3.63) is 147 Å². The van der Waals surface area contributed by atoms with E-state index in [0.29, 0.717) is 134 Å². The summed E-state index contributed by atoms with van der Waals surface area (Å²) in [6, 6.07) is 20.0. The molecule has 0 saturated carbocycles. The third-order valence-electron chi connectivity index (χ3n) is 16.9. The Morgan fingerprint density at radius 1 is 0.634 bits per heavy atom. The first-order valence-corrected chi connectivity index (χ1v) is 36.1. The van der Waals surface area contributed by atoms with Crippen molar-refractivity contribution in [1.82, 2.24) is 55.3 Å².